The molecule has 136 valence electrons. The van der Waals surface area contributed by atoms with Crippen molar-refractivity contribution in [2.75, 3.05) is 18.0 Å². The number of cyclic esters (lactones) is 1. The molecule has 1 fully saturated rings. The van der Waals surface area contributed by atoms with Crippen molar-refractivity contribution in [1.29, 1.82) is 0 Å². The average molecular weight is 375 g/mol. The number of carbonyl (C=O) groups is 2. The molecule has 0 radical (unpaired) electrons. The first-order valence-corrected chi connectivity index (χ1v) is 9.35. The molecule has 1 saturated heterocycles. The molecule has 3 rings (SSSR count). The van der Waals surface area contributed by atoms with E-state index in [-0.39, 0.29) is 17.1 Å². The first-order chi connectivity index (χ1) is 12.4. The number of sulfonamides is 1. The van der Waals surface area contributed by atoms with E-state index in [2.05, 4.69) is 0 Å². The third kappa shape index (κ3) is 3.55. The van der Waals surface area contributed by atoms with Gasteiger partial charge in [0.1, 0.15) is 0 Å². The molecule has 7 nitrogen and oxygen atoms in total. The molecule has 26 heavy (non-hydrogen) atoms. The lowest BCUT2D eigenvalue weighted by atomic mass is 10.2. The molecule has 0 saturated carbocycles. The van der Waals surface area contributed by atoms with Crippen LogP contribution in [0.1, 0.15) is 16.8 Å². The van der Waals surface area contributed by atoms with Crippen molar-refractivity contribution in [3.63, 3.8) is 0 Å². The minimum absolute atomic E-state index is 0.0423. The maximum Gasteiger partial charge on any atom is 0.347 e. The number of ether oxygens (including phenoxy) is 2. The van der Waals surface area contributed by atoms with E-state index in [1.807, 2.05) is 0 Å². The molecular formula is C18H17NO6S. The SMILES string of the molecule is CN(c1ccccc1)S(=O)(=O)c1ccc(C(=O)O[C@@H]2CCOC2=O)cc1. The van der Waals surface area contributed by atoms with Crippen LogP contribution < -0.4 is 4.31 Å². The summed E-state index contributed by atoms with van der Waals surface area (Å²) in [5.74, 6) is -1.27. The molecule has 0 aliphatic carbocycles. The first-order valence-electron chi connectivity index (χ1n) is 7.91. The highest BCUT2D eigenvalue weighted by molar-refractivity contribution is 7.92. The second-order valence-electron chi connectivity index (χ2n) is 5.68. The van der Waals surface area contributed by atoms with E-state index in [1.165, 1.54) is 31.3 Å². The number of nitrogens with zero attached hydrogens (tertiary/aromatic N) is 1. The van der Waals surface area contributed by atoms with Crippen LogP contribution in [0.2, 0.25) is 0 Å². The Balaban J connectivity index is 1.76. The van der Waals surface area contributed by atoms with Gasteiger partial charge in [-0.3, -0.25) is 4.31 Å². The number of carbonyl (C=O) groups excluding carboxylic acids is 2. The van der Waals surface area contributed by atoms with Crippen LogP contribution in [0.3, 0.4) is 0 Å². The van der Waals surface area contributed by atoms with Gasteiger partial charge in [-0.15, -0.1) is 0 Å². The molecule has 8 heteroatoms. The fraction of sp³-hybridized carbons (Fsp3) is 0.222. The molecule has 1 aliphatic heterocycles. The van der Waals surface area contributed by atoms with Gasteiger partial charge in [-0.2, -0.15) is 0 Å². The molecule has 0 aromatic heterocycles. The molecule has 0 bridgehead atoms. The van der Waals surface area contributed by atoms with Crippen molar-refractivity contribution in [2.24, 2.45) is 0 Å². The van der Waals surface area contributed by atoms with Gasteiger partial charge >= 0.3 is 11.9 Å². The Bertz CT molecular complexity index is 908. The van der Waals surface area contributed by atoms with Crippen LogP contribution >= 0.6 is 0 Å². The molecule has 1 heterocycles. The van der Waals surface area contributed by atoms with E-state index in [4.69, 9.17) is 9.47 Å². The Hall–Kier alpha value is -2.87. The van der Waals surface area contributed by atoms with E-state index in [0.29, 0.717) is 12.1 Å². The van der Waals surface area contributed by atoms with Gasteiger partial charge in [0.25, 0.3) is 10.0 Å². The Morgan fingerprint density at radius 1 is 1.12 bits per heavy atom. The van der Waals surface area contributed by atoms with Crippen LogP contribution in [-0.2, 0) is 24.3 Å². The Labute approximate surface area is 151 Å². The van der Waals surface area contributed by atoms with Crippen molar-refractivity contribution >= 4 is 27.6 Å². The Kier molecular flexibility index (Phi) is 4.94. The number of hydrogen-bond donors (Lipinski definition) is 0. The highest BCUT2D eigenvalue weighted by atomic mass is 32.2. The van der Waals surface area contributed by atoms with Gasteiger partial charge in [-0.1, -0.05) is 18.2 Å². The Morgan fingerprint density at radius 3 is 2.35 bits per heavy atom. The quantitative estimate of drug-likeness (QED) is 0.743. The van der Waals surface area contributed by atoms with Crippen molar-refractivity contribution in [1.82, 2.24) is 0 Å². The number of benzene rings is 2. The molecule has 0 unspecified atom stereocenters. The molecule has 2 aromatic carbocycles. The maximum absolute atomic E-state index is 12.7. The van der Waals surface area contributed by atoms with E-state index in [1.54, 1.807) is 30.3 Å². The van der Waals surface area contributed by atoms with Gasteiger partial charge < -0.3 is 9.47 Å². The van der Waals surface area contributed by atoms with Gasteiger partial charge in [-0.25, -0.2) is 18.0 Å². The third-order valence-electron chi connectivity index (χ3n) is 4.00. The third-order valence-corrected chi connectivity index (χ3v) is 5.80. The second kappa shape index (κ2) is 7.17. The second-order valence-corrected chi connectivity index (χ2v) is 7.65. The molecule has 0 spiro atoms. The summed E-state index contributed by atoms with van der Waals surface area (Å²) in [7, 11) is -2.30. The summed E-state index contributed by atoms with van der Waals surface area (Å²) < 4.78 is 36.3. The minimum atomic E-state index is -3.76. The standard InChI is InChI=1S/C18H17NO6S/c1-19(14-5-3-2-4-6-14)26(22,23)15-9-7-13(8-10-15)17(20)25-16-11-12-24-18(16)21/h2-10,16H,11-12H2,1H3/t16-/m1/s1. The first kappa shape index (κ1) is 17.9. The molecule has 2 aromatic rings. The zero-order valence-corrected chi connectivity index (χ0v) is 14.8. The van der Waals surface area contributed by atoms with Crippen LogP contribution in [0.15, 0.2) is 59.5 Å². The van der Waals surface area contributed by atoms with Crippen LogP contribution in [0, 0.1) is 0 Å². The van der Waals surface area contributed by atoms with E-state index >= 15 is 0 Å². The van der Waals surface area contributed by atoms with E-state index in [9.17, 15) is 18.0 Å². The van der Waals surface area contributed by atoms with Crippen molar-refractivity contribution < 1.29 is 27.5 Å². The van der Waals surface area contributed by atoms with Crippen LogP contribution in [0.5, 0.6) is 0 Å². The monoisotopic (exact) mass is 375 g/mol. The minimum Gasteiger partial charge on any atom is -0.463 e. The van der Waals surface area contributed by atoms with E-state index < -0.39 is 28.1 Å². The van der Waals surface area contributed by atoms with Gasteiger partial charge in [-0.05, 0) is 36.4 Å². The number of hydrogen-bond acceptors (Lipinski definition) is 6. The number of rotatable bonds is 5. The summed E-state index contributed by atoms with van der Waals surface area (Å²) in [6.07, 6.45) is -0.589. The van der Waals surface area contributed by atoms with Gasteiger partial charge in [0.05, 0.1) is 22.8 Å². The molecule has 1 atom stereocenters. The summed E-state index contributed by atoms with van der Waals surface area (Å²) in [6, 6.07) is 14.0. The number of anilines is 1. The zero-order valence-electron chi connectivity index (χ0n) is 14.0. The average Bonchev–Trinajstić information content (AvgIpc) is 3.06. The fourth-order valence-electron chi connectivity index (χ4n) is 2.48. The van der Waals surface area contributed by atoms with E-state index in [0.717, 1.165) is 4.31 Å². The lowest BCUT2D eigenvalue weighted by molar-refractivity contribution is -0.145. The van der Waals surface area contributed by atoms with Crippen LogP contribution in [0.25, 0.3) is 0 Å². The fourth-order valence-corrected chi connectivity index (χ4v) is 3.67. The highest BCUT2D eigenvalue weighted by Gasteiger charge is 2.30. The summed E-state index contributed by atoms with van der Waals surface area (Å²) in [4.78, 5) is 23.5. The van der Waals surface area contributed by atoms with Gasteiger partial charge in [0.2, 0.25) is 6.10 Å². The largest absolute Gasteiger partial charge is 0.463 e. The molecule has 0 amide bonds. The molecular weight excluding hydrogens is 358 g/mol. The summed E-state index contributed by atoms with van der Waals surface area (Å²) in [5, 5.41) is 0. The van der Waals surface area contributed by atoms with Gasteiger partial charge in [0.15, 0.2) is 0 Å². The topological polar surface area (TPSA) is 90.0 Å². The highest BCUT2D eigenvalue weighted by Crippen LogP contribution is 2.22. The lowest BCUT2D eigenvalue weighted by Gasteiger charge is -2.19. The van der Waals surface area contributed by atoms with Crippen molar-refractivity contribution in [3.8, 4) is 0 Å². The van der Waals surface area contributed by atoms with Gasteiger partial charge in [0, 0.05) is 13.5 Å². The van der Waals surface area contributed by atoms with Crippen molar-refractivity contribution in [3.05, 3.63) is 60.2 Å². The smallest absolute Gasteiger partial charge is 0.347 e. The van der Waals surface area contributed by atoms with Crippen LogP contribution in [0.4, 0.5) is 5.69 Å². The van der Waals surface area contributed by atoms with Crippen LogP contribution in [-0.4, -0.2) is 40.1 Å². The lowest BCUT2D eigenvalue weighted by Crippen LogP contribution is -2.26. The number of para-hydroxylation sites is 1. The maximum atomic E-state index is 12.7. The summed E-state index contributed by atoms with van der Waals surface area (Å²) in [5.41, 5.74) is 0.682. The zero-order chi connectivity index (χ0) is 18.7. The Morgan fingerprint density at radius 2 is 1.77 bits per heavy atom. The van der Waals surface area contributed by atoms with Crippen molar-refractivity contribution in [2.45, 2.75) is 17.4 Å². The summed E-state index contributed by atoms with van der Waals surface area (Å²) in [6.45, 7) is 0.222. The number of esters is 2. The molecule has 1 aliphatic rings. The predicted molar refractivity (Wildman–Crippen MR) is 93.3 cm³/mol. The summed E-state index contributed by atoms with van der Waals surface area (Å²) >= 11 is 0. The predicted octanol–water partition coefficient (Wildman–Crippen LogP) is 1.98. The normalized spacial score (nSPS) is 16.8. The molecule has 0 N–H and O–H groups in total.